The van der Waals surface area contributed by atoms with Crippen LogP contribution in [-0.2, 0) is 0 Å². The zero-order valence-corrected chi connectivity index (χ0v) is 16.8. The Morgan fingerprint density at radius 3 is 2.64 bits per heavy atom. The second-order valence-corrected chi connectivity index (χ2v) is 7.65. The van der Waals surface area contributed by atoms with Crippen LogP contribution in [0.25, 0.3) is 0 Å². The second-order valence-electron chi connectivity index (χ2n) is 7.65. The fraction of sp³-hybridized carbons (Fsp3) is 0.500. The zero-order chi connectivity index (χ0) is 19.2. The molecule has 2 aromatic rings. The molecule has 0 amide bonds. The van der Waals surface area contributed by atoms with Crippen LogP contribution in [0.2, 0.25) is 0 Å². The van der Waals surface area contributed by atoms with Crippen LogP contribution in [0.4, 0.5) is 11.6 Å². The molecule has 1 aromatic carbocycles. The number of rotatable bonds is 6. The first-order valence-electron chi connectivity index (χ1n) is 10.4. The number of fused-ring (bicyclic) bond motifs is 1. The third kappa shape index (κ3) is 4.68. The lowest BCUT2D eigenvalue weighted by Gasteiger charge is -2.34. The molecule has 0 aliphatic carbocycles. The topological polar surface area (TPSA) is 56.7 Å². The molecule has 1 fully saturated rings. The number of nitrogens with one attached hydrogen (secondary N) is 1. The van der Waals surface area contributed by atoms with Crippen LogP contribution in [0.5, 0.6) is 0 Å². The van der Waals surface area contributed by atoms with Gasteiger partial charge in [0.25, 0.3) is 0 Å². The first-order valence-corrected chi connectivity index (χ1v) is 10.4. The predicted molar refractivity (Wildman–Crippen MR) is 116 cm³/mol. The molecule has 2 aliphatic heterocycles. The molecule has 0 spiro atoms. The Morgan fingerprint density at radius 1 is 1.04 bits per heavy atom. The van der Waals surface area contributed by atoms with Crippen molar-refractivity contribution in [3.63, 3.8) is 0 Å². The molecule has 1 aromatic heterocycles. The van der Waals surface area contributed by atoms with E-state index in [9.17, 15) is 0 Å². The van der Waals surface area contributed by atoms with Gasteiger partial charge in [-0.25, -0.2) is 9.97 Å². The normalized spacial score (nSPS) is 18.8. The lowest BCUT2D eigenvalue weighted by molar-refractivity contribution is 0.252. The number of hydrogen-bond donors (Lipinski definition) is 1. The minimum atomic E-state index is 0.864. The maximum Gasteiger partial charge on any atom is 0.225 e. The summed E-state index contributed by atoms with van der Waals surface area (Å²) in [6, 6.07) is 8.50. The molecule has 4 rings (SSSR count). The summed E-state index contributed by atoms with van der Waals surface area (Å²) in [4.78, 5) is 18.6. The van der Waals surface area contributed by atoms with E-state index < -0.39 is 0 Å². The Bertz CT molecular complexity index is 793. The maximum absolute atomic E-state index is 4.90. The number of benzene rings is 1. The molecule has 0 bridgehead atoms. The molecule has 0 unspecified atom stereocenters. The summed E-state index contributed by atoms with van der Waals surface area (Å²) < 4.78 is 0. The highest BCUT2D eigenvalue weighted by atomic mass is 15.3. The van der Waals surface area contributed by atoms with Crippen molar-refractivity contribution in [2.24, 2.45) is 4.99 Å². The largest absolute Gasteiger partial charge is 0.384 e. The highest BCUT2D eigenvalue weighted by molar-refractivity contribution is 6.06. The number of unbranched alkanes of at least 4 members (excludes halogenated alkanes) is 1. The van der Waals surface area contributed by atoms with Gasteiger partial charge in [0.05, 0.1) is 0 Å². The van der Waals surface area contributed by atoms with E-state index in [0.717, 1.165) is 70.2 Å². The van der Waals surface area contributed by atoms with Crippen LogP contribution in [0.1, 0.15) is 30.4 Å². The molecule has 1 saturated heterocycles. The van der Waals surface area contributed by atoms with Gasteiger partial charge in [-0.15, -0.1) is 0 Å². The molecule has 0 radical (unpaired) electrons. The molecule has 6 nitrogen and oxygen atoms in total. The van der Waals surface area contributed by atoms with Crippen LogP contribution >= 0.6 is 0 Å². The van der Waals surface area contributed by atoms with Crippen molar-refractivity contribution in [2.75, 3.05) is 56.0 Å². The lowest BCUT2D eigenvalue weighted by Crippen LogP contribution is -2.47. The lowest BCUT2D eigenvalue weighted by atomic mass is 10.0. The van der Waals surface area contributed by atoms with E-state index in [0.29, 0.717) is 0 Å². The van der Waals surface area contributed by atoms with Crippen molar-refractivity contribution in [3.05, 3.63) is 47.8 Å². The van der Waals surface area contributed by atoms with E-state index in [4.69, 9.17) is 4.99 Å². The molecule has 6 heteroatoms. The first-order chi connectivity index (χ1) is 13.8. The quantitative estimate of drug-likeness (QED) is 0.783. The van der Waals surface area contributed by atoms with Gasteiger partial charge in [0, 0.05) is 75.0 Å². The average Bonchev–Trinajstić information content (AvgIpc) is 2.75. The Balaban J connectivity index is 1.17. The number of aliphatic imine (C=N–C) groups is 1. The fourth-order valence-corrected chi connectivity index (χ4v) is 3.89. The average molecular weight is 379 g/mol. The number of aromatic nitrogens is 2. The molecular formula is C22H30N6. The van der Waals surface area contributed by atoms with E-state index in [1.54, 1.807) is 0 Å². The highest BCUT2D eigenvalue weighted by Gasteiger charge is 2.18. The van der Waals surface area contributed by atoms with Crippen molar-refractivity contribution in [1.29, 1.82) is 0 Å². The van der Waals surface area contributed by atoms with Gasteiger partial charge in [-0.2, -0.15) is 0 Å². The summed E-state index contributed by atoms with van der Waals surface area (Å²) in [5, 5.41) is 3.45. The van der Waals surface area contributed by atoms with E-state index in [-0.39, 0.29) is 0 Å². The van der Waals surface area contributed by atoms with Crippen molar-refractivity contribution in [1.82, 2.24) is 14.9 Å². The van der Waals surface area contributed by atoms with Gasteiger partial charge in [-0.05, 0) is 37.9 Å². The number of anilines is 2. The zero-order valence-electron chi connectivity index (χ0n) is 16.8. The molecular weight excluding hydrogens is 348 g/mol. The third-order valence-electron chi connectivity index (χ3n) is 5.52. The summed E-state index contributed by atoms with van der Waals surface area (Å²) >= 11 is 0. The van der Waals surface area contributed by atoms with Crippen molar-refractivity contribution in [3.8, 4) is 0 Å². The minimum Gasteiger partial charge on any atom is -0.384 e. The van der Waals surface area contributed by atoms with Gasteiger partial charge in [0.1, 0.15) is 0 Å². The fourth-order valence-electron chi connectivity index (χ4n) is 3.89. The molecule has 3 heterocycles. The smallest absolute Gasteiger partial charge is 0.225 e. The van der Waals surface area contributed by atoms with Gasteiger partial charge in [-0.1, -0.05) is 18.2 Å². The Morgan fingerprint density at radius 2 is 1.82 bits per heavy atom. The number of hydrogen-bond acceptors (Lipinski definition) is 6. The van der Waals surface area contributed by atoms with Crippen molar-refractivity contribution in [2.45, 2.75) is 26.2 Å². The van der Waals surface area contributed by atoms with Crippen LogP contribution in [0, 0.1) is 6.92 Å². The molecule has 2 aliphatic rings. The minimum absolute atomic E-state index is 0.864. The molecule has 148 valence electrons. The second kappa shape index (κ2) is 9.15. The predicted octanol–water partition coefficient (Wildman–Crippen LogP) is 2.99. The van der Waals surface area contributed by atoms with E-state index in [1.807, 2.05) is 19.3 Å². The van der Waals surface area contributed by atoms with Gasteiger partial charge in [-0.3, -0.25) is 9.89 Å². The van der Waals surface area contributed by atoms with E-state index in [1.165, 1.54) is 23.4 Å². The number of aryl methyl sites for hydroxylation is 1. The van der Waals surface area contributed by atoms with Crippen LogP contribution < -0.4 is 10.2 Å². The summed E-state index contributed by atoms with van der Waals surface area (Å²) in [6.45, 7) is 9.30. The maximum atomic E-state index is 4.90. The molecule has 0 saturated carbocycles. The van der Waals surface area contributed by atoms with Crippen molar-refractivity contribution < 1.29 is 0 Å². The van der Waals surface area contributed by atoms with Crippen LogP contribution in [-0.4, -0.2) is 66.4 Å². The van der Waals surface area contributed by atoms with Crippen molar-refractivity contribution >= 4 is 17.3 Å². The van der Waals surface area contributed by atoms with Crippen LogP contribution in [0.3, 0.4) is 0 Å². The monoisotopic (exact) mass is 378 g/mol. The van der Waals surface area contributed by atoms with E-state index >= 15 is 0 Å². The van der Waals surface area contributed by atoms with Gasteiger partial charge in [0.15, 0.2) is 0 Å². The summed E-state index contributed by atoms with van der Waals surface area (Å²) in [6.07, 6.45) is 7.19. The standard InChI is InChI=1S/C22H30N6/c1-18-16-25-22(26-17-18)28-14-12-27(13-15-28)11-5-4-9-23-21-8-10-24-20-7-3-2-6-19(20)21/h2-3,6-7,16-17,24H,4-5,8-15H2,1H3. The third-order valence-corrected chi connectivity index (χ3v) is 5.52. The van der Waals surface area contributed by atoms with Gasteiger partial charge < -0.3 is 10.2 Å². The summed E-state index contributed by atoms with van der Waals surface area (Å²) in [5.74, 6) is 0.864. The number of piperazine rings is 1. The van der Waals surface area contributed by atoms with Gasteiger partial charge in [0.2, 0.25) is 5.95 Å². The Labute approximate surface area is 167 Å². The van der Waals surface area contributed by atoms with E-state index in [2.05, 4.69) is 49.4 Å². The first kappa shape index (κ1) is 18.9. The van der Waals surface area contributed by atoms with Crippen LogP contribution in [0.15, 0.2) is 41.7 Å². The molecule has 0 atom stereocenters. The summed E-state index contributed by atoms with van der Waals surface area (Å²) in [5.41, 5.74) is 4.88. The Kier molecular flexibility index (Phi) is 6.17. The Hall–Kier alpha value is -2.47. The number of nitrogens with zero attached hydrogens (tertiary/aromatic N) is 5. The summed E-state index contributed by atoms with van der Waals surface area (Å²) in [7, 11) is 0. The highest BCUT2D eigenvalue weighted by Crippen LogP contribution is 2.21. The molecule has 1 N–H and O–H groups in total. The molecule has 28 heavy (non-hydrogen) atoms. The van der Waals surface area contributed by atoms with Gasteiger partial charge >= 0.3 is 0 Å². The SMILES string of the molecule is Cc1cnc(N2CCN(CCCCN=C3CCNc4ccccc43)CC2)nc1. The number of para-hydroxylation sites is 1.